The van der Waals surface area contributed by atoms with Crippen LogP contribution in [0.15, 0.2) is 36.5 Å². The zero-order chi connectivity index (χ0) is 13.8. The first kappa shape index (κ1) is 13.3. The van der Waals surface area contributed by atoms with Crippen LogP contribution in [0, 0.1) is 6.92 Å². The van der Waals surface area contributed by atoms with Crippen LogP contribution in [0.25, 0.3) is 0 Å². The number of carbonyl (C=O) groups excluding carboxylic acids is 1. The number of carbonyl (C=O) groups is 1. The lowest BCUT2D eigenvalue weighted by Gasteiger charge is -2.09. The molecule has 19 heavy (non-hydrogen) atoms. The first-order chi connectivity index (χ1) is 9.11. The average Bonchev–Trinajstić information content (AvgIpc) is 2.44. The quantitative estimate of drug-likeness (QED) is 0.595. The molecule has 1 aromatic heterocycles. The Balaban J connectivity index is 2.18. The molecule has 0 unspecified atom stereocenters. The summed E-state index contributed by atoms with van der Waals surface area (Å²) < 4.78 is 0. The average molecular weight is 277 g/mol. The van der Waals surface area contributed by atoms with E-state index in [4.69, 9.17) is 17.4 Å². The summed E-state index contributed by atoms with van der Waals surface area (Å²) in [6.45, 7) is 1.84. The molecule has 6 heteroatoms. The van der Waals surface area contributed by atoms with Crippen molar-refractivity contribution in [2.75, 3.05) is 10.7 Å². The van der Waals surface area contributed by atoms with E-state index in [1.54, 1.807) is 30.3 Å². The number of anilines is 2. The second-order valence-corrected chi connectivity index (χ2v) is 4.35. The maximum Gasteiger partial charge on any atom is 0.274 e. The van der Waals surface area contributed by atoms with Gasteiger partial charge in [0, 0.05) is 10.7 Å². The van der Waals surface area contributed by atoms with E-state index in [0.29, 0.717) is 22.1 Å². The Kier molecular flexibility index (Phi) is 3.99. The van der Waals surface area contributed by atoms with Gasteiger partial charge in [-0.25, -0.2) is 4.98 Å². The Labute approximate surface area is 115 Å². The SMILES string of the molecule is Cc1c(Cl)cccc1NC(=O)c1ccc(NN)cn1. The third-order valence-electron chi connectivity index (χ3n) is 2.68. The maximum atomic E-state index is 12.0. The summed E-state index contributed by atoms with van der Waals surface area (Å²) in [4.78, 5) is 16.0. The standard InChI is InChI=1S/C13H13ClN4O/c1-8-10(14)3-2-4-11(8)17-13(19)12-6-5-9(18-15)7-16-12/h2-7,18H,15H2,1H3,(H,17,19). The molecule has 0 aliphatic rings. The number of amides is 1. The topological polar surface area (TPSA) is 80.0 Å². The van der Waals surface area contributed by atoms with E-state index < -0.39 is 0 Å². The molecule has 0 bridgehead atoms. The van der Waals surface area contributed by atoms with Gasteiger partial charge in [-0.1, -0.05) is 17.7 Å². The number of nitrogens with zero attached hydrogens (tertiary/aromatic N) is 1. The summed E-state index contributed by atoms with van der Waals surface area (Å²) in [7, 11) is 0. The van der Waals surface area contributed by atoms with Crippen molar-refractivity contribution in [3.63, 3.8) is 0 Å². The summed E-state index contributed by atoms with van der Waals surface area (Å²) in [5, 5.41) is 3.37. The minimum absolute atomic E-state index is 0.297. The zero-order valence-electron chi connectivity index (χ0n) is 10.3. The molecule has 1 amide bonds. The van der Waals surface area contributed by atoms with Crippen LogP contribution in [0.5, 0.6) is 0 Å². The van der Waals surface area contributed by atoms with Crippen LogP contribution in [0.1, 0.15) is 16.1 Å². The normalized spacial score (nSPS) is 10.1. The molecule has 5 nitrogen and oxygen atoms in total. The molecule has 2 rings (SSSR count). The first-order valence-corrected chi connectivity index (χ1v) is 5.98. The Hall–Kier alpha value is -2.11. The van der Waals surface area contributed by atoms with Crippen LogP contribution in [-0.2, 0) is 0 Å². The number of nitrogen functional groups attached to an aromatic ring is 1. The maximum absolute atomic E-state index is 12.0. The molecule has 1 aromatic carbocycles. The van der Waals surface area contributed by atoms with Crippen molar-refractivity contribution in [1.82, 2.24) is 4.98 Å². The van der Waals surface area contributed by atoms with E-state index in [-0.39, 0.29) is 5.91 Å². The molecule has 0 radical (unpaired) electrons. The van der Waals surface area contributed by atoms with Gasteiger partial charge in [0.15, 0.2) is 0 Å². The molecule has 0 spiro atoms. The molecule has 0 aliphatic carbocycles. The Morgan fingerprint density at radius 1 is 1.32 bits per heavy atom. The van der Waals surface area contributed by atoms with Crippen LogP contribution >= 0.6 is 11.6 Å². The van der Waals surface area contributed by atoms with E-state index in [0.717, 1.165) is 5.56 Å². The summed E-state index contributed by atoms with van der Waals surface area (Å²) in [5.74, 6) is 4.93. The molecule has 1 heterocycles. The Bertz CT molecular complexity index is 598. The number of rotatable bonds is 3. The van der Waals surface area contributed by atoms with E-state index in [2.05, 4.69) is 15.7 Å². The molecule has 2 aromatic rings. The van der Waals surface area contributed by atoms with Crippen LogP contribution < -0.4 is 16.6 Å². The third-order valence-corrected chi connectivity index (χ3v) is 3.09. The van der Waals surface area contributed by atoms with Crippen LogP contribution in [0.2, 0.25) is 5.02 Å². The monoisotopic (exact) mass is 276 g/mol. The lowest BCUT2D eigenvalue weighted by atomic mass is 10.2. The first-order valence-electron chi connectivity index (χ1n) is 5.61. The van der Waals surface area contributed by atoms with Crippen molar-refractivity contribution in [3.8, 4) is 0 Å². The molecule has 0 atom stereocenters. The van der Waals surface area contributed by atoms with Crippen molar-refractivity contribution in [2.24, 2.45) is 5.84 Å². The second kappa shape index (κ2) is 5.69. The largest absolute Gasteiger partial charge is 0.323 e. The Morgan fingerprint density at radius 2 is 2.11 bits per heavy atom. The zero-order valence-corrected chi connectivity index (χ0v) is 11.0. The smallest absolute Gasteiger partial charge is 0.274 e. The van der Waals surface area contributed by atoms with Gasteiger partial charge >= 0.3 is 0 Å². The third kappa shape index (κ3) is 3.01. The number of nitrogens with two attached hydrogens (primary N) is 1. The highest BCUT2D eigenvalue weighted by atomic mass is 35.5. The van der Waals surface area contributed by atoms with Gasteiger partial charge in [0.25, 0.3) is 5.91 Å². The van der Waals surface area contributed by atoms with Crippen molar-refractivity contribution in [3.05, 3.63) is 52.8 Å². The minimum Gasteiger partial charge on any atom is -0.323 e. The van der Waals surface area contributed by atoms with Gasteiger partial charge in [-0.15, -0.1) is 0 Å². The number of benzene rings is 1. The number of halogens is 1. The van der Waals surface area contributed by atoms with Gasteiger partial charge < -0.3 is 10.7 Å². The van der Waals surface area contributed by atoms with Crippen molar-refractivity contribution in [1.29, 1.82) is 0 Å². The summed E-state index contributed by atoms with van der Waals surface area (Å²) in [6.07, 6.45) is 1.49. The number of nitrogens with one attached hydrogen (secondary N) is 2. The molecule has 4 N–H and O–H groups in total. The molecule has 0 saturated heterocycles. The van der Waals surface area contributed by atoms with E-state index in [1.165, 1.54) is 6.20 Å². The van der Waals surface area contributed by atoms with Crippen LogP contribution in [-0.4, -0.2) is 10.9 Å². The number of hydrogen-bond acceptors (Lipinski definition) is 4. The molecular weight excluding hydrogens is 264 g/mol. The number of hydrogen-bond donors (Lipinski definition) is 3. The highest BCUT2D eigenvalue weighted by Gasteiger charge is 2.10. The predicted molar refractivity (Wildman–Crippen MR) is 76.2 cm³/mol. The molecular formula is C13H13ClN4O. The van der Waals surface area contributed by atoms with Gasteiger partial charge in [-0.3, -0.25) is 10.6 Å². The van der Waals surface area contributed by atoms with Crippen molar-refractivity contribution in [2.45, 2.75) is 6.92 Å². The van der Waals surface area contributed by atoms with Crippen LogP contribution in [0.3, 0.4) is 0 Å². The summed E-state index contributed by atoms with van der Waals surface area (Å²) in [5.41, 5.74) is 4.87. The van der Waals surface area contributed by atoms with E-state index in [1.807, 2.05) is 6.92 Å². The number of aromatic nitrogens is 1. The molecule has 98 valence electrons. The van der Waals surface area contributed by atoms with Crippen LogP contribution in [0.4, 0.5) is 11.4 Å². The highest BCUT2D eigenvalue weighted by molar-refractivity contribution is 6.31. The van der Waals surface area contributed by atoms with E-state index >= 15 is 0 Å². The van der Waals surface area contributed by atoms with Gasteiger partial charge in [0.2, 0.25) is 0 Å². The summed E-state index contributed by atoms with van der Waals surface area (Å²) >= 11 is 5.99. The van der Waals surface area contributed by atoms with Gasteiger partial charge in [-0.2, -0.15) is 0 Å². The minimum atomic E-state index is -0.297. The molecule has 0 fully saturated rings. The number of pyridine rings is 1. The Morgan fingerprint density at radius 3 is 2.74 bits per heavy atom. The van der Waals surface area contributed by atoms with E-state index in [9.17, 15) is 4.79 Å². The predicted octanol–water partition coefficient (Wildman–Crippen LogP) is 2.58. The van der Waals surface area contributed by atoms with Crippen molar-refractivity contribution < 1.29 is 4.79 Å². The van der Waals surface area contributed by atoms with Crippen molar-refractivity contribution >= 4 is 28.9 Å². The second-order valence-electron chi connectivity index (χ2n) is 3.94. The molecule has 0 saturated carbocycles. The lowest BCUT2D eigenvalue weighted by molar-refractivity contribution is 0.102. The fraction of sp³-hybridized carbons (Fsp3) is 0.0769. The van der Waals surface area contributed by atoms with Gasteiger partial charge in [0.1, 0.15) is 5.69 Å². The molecule has 0 aliphatic heterocycles. The summed E-state index contributed by atoms with van der Waals surface area (Å²) in [6, 6.07) is 8.60. The van der Waals surface area contributed by atoms with Gasteiger partial charge in [-0.05, 0) is 36.8 Å². The fourth-order valence-electron chi connectivity index (χ4n) is 1.54. The highest BCUT2D eigenvalue weighted by Crippen LogP contribution is 2.23. The number of hydrazine groups is 1. The van der Waals surface area contributed by atoms with Gasteiger partial charge in [0.05, 0.1) is 11.9 Å². The fourth-order valence-corrected chi connectivity index (χ4v) is 1.72. The lowest BCUT2D eigenvalue weighted by Crippen LogP contribution is -2.15.